The van der Waals surface area contributed by atoms with Crippen LogP contribution in [-0.2, 0) is 11.2 Å². The minimum Gasteiger partial charge on any atom is -0.496 e. The van der Waals surface area contributed by atoms with Gasteiger partial charge in [-0.15, -0.1) is 0 Å². The van der Waals surface area contributed by atoms with Crippen molar-refractivity contribution in [2.24, 2.45) is 0 Å². The van der Waals surface area contributed by atoms with Crippen LogP contribution in [0.25, 0.3) is 0 Å². The van der Waals surface area contributed by atoms with Gasteiger partial charge in [0.2, 0.25) is 0 Å². The fourth-order valence-corrected chi connectivity index (χ4v) is 4.23. The molecule has 2 unspecified atom stereocenters. The van der Waals surface area contributed by atoms with Crippen molar-refractivity contribution in [1.82, 2.24) is 10.2 Å². The van der Waals surface area contributed by atoms with E-state index >= 15 is 0 Å². The van der Waals surface area contributed by atoms with Gasteiger partial charge in [0.05, 0.1) is 35.5 Å². The summed E-state index contributed by atoms with van der Waals surface area (Å²) in [5.74, 6) is -0.0761. The second kappa shape index (κ2) is 11.5. The smallest absolute Gasteiger partial charge is 0.255 e. The van der Waals surface area contributed by atoms with Gasteiger partial charge in [-0.25, -0.2) is 4.39 Å². The Morgan fingerprint density at radius 2 is 2.00 bits per heavy atom. The van der Waals surface area contributed by atoms with Crippen LogP contribution in [0.2, 0.25) is 5.02 Å². The maximum atomic E-state index is 13.0. The van der Waals surface area contributed by atoms with Crippen LogP contribution in [0.5, 0.6) is 5.75 Å². The Morgan fingerprint density at radius 3 is 2.69 bits per heavy atom. The maximum absolute atomic E-state index is 13.0. The number of rotatable bonds is 9. The van der Waals surface area contributed by atoms with Gasteiger partial charge in [-0.3, -0.25) is 4.79 Å². The summed E-state index contributed by atoms with van der Waals surface area (Å²) < 4.78 is 24.0. The molecule has 0 aliphatic carbocycles. The van der Waals surface area contributed by atoms with Gasteiger partial charge in [0.25, 0.3) is 5.91 Å². The number of ether oxygens (including phenoxy) is 2. The van der Waals surface area contributed by atoms with Gasteiger partial charge in [0, 0.05) is 26.3 Å². The van der Waals surface area contributed by atoms with Crippen molar-refractivity contribution in [3.63, 3.8) is 0 Å². The summed E-state index contributed by atoms with van der Waals surface area (Å²) in [6.07, 6.45) is 3.70. The van der Waals surface area contributed by atoms with Crippen molar-refractivity contribution in [3.8, 4) is 5.75 Å². The number of benzene rings is 2. The van der Waals surface area contributed by atoms with E-state index in [2.05, 4.69) is 10.2 Å². The summed E-state index contributed by atoms with van der Waals surface area (Å²) in [4.78, 5) is 15.2. The van der Waals surface area contributed by atoms with Gasteiger partial charge in [-0.1, -0.05) is 23.7 Å². The van der Waals surface area contributed by atoms with E-state index in [-0.39, 0.29) is 23.9 Å². The Kier molecular flexibility index (Phi) is 8.73. The number of likely N-dealkylation sites (tertiary alicyclic amines) is 1. The first-order valence-corrected chi connectivity index (χ1v) is 11.2. The number of halogens is 2. The molecule has 1 saturated heterocycles. The zero-order chi connectivity index (χ0) is 23.1. The standard InChI is InChI=1S/C24H31ClFN3O3/c1-31-22-14-20(27)19(25)13-18(22)24(30)28-21-10-12-29(15-23(21)32-2)11-4-3-5-16-6-8-17(26)9-7-16/h6-9,13-14,21,23H,3-5,10-12,15,27H2,1-2H3,(H,28,30). The number of nitrogens with one attached hydrogen (secondary N) is 1. The van der Waals surface area contributed by atoms with E-state index in [0.29, 0.717) is 22.0 Å². The molecule has 0 spiro atoms. The summed E-state index contributed by atoms with van der Waals surface area (Å²) in [5, 5.41) is 3.39. The van der Waals surface area contributed by atoms with Crippen molar-refractivity contribution < 1.29 is 18.7 Å². The lowest BCUT2D eigenvalue weighted by atomic mass is 10.00. The molecular weight excluding hydrogens is 433 g/mol. The average Bonchev–Trinajstić information content (AvgIpc) is 2.80. The second-order valence-corrected chi connectivity index (χ2v) is 8.51. The molecule has 1 heterocycles. The molecule has 1 fully saturated rings. The fraction of sp³-hybridized carbons (Fsp3) is 0.458. The zero-order valence-corrected chi connectivity index (χ0v) is 19.3. The number of amides is 1. The minimum absolute atomic E-state index is 0.107. The van der Waals surface area contributed by atoms with E-state index in [1.54, 1.807) is 13.2 Å². The number of nitrogen functional groups attached to an aromatic ring is 1. The molecule has 174 valence electrons. The summed E-state index contributed by atoms with van der Waals surface area (Å²) in [7, 11) is 3.16. The van der Waals surface area contributed by atoms with Crippen molar-refractivity contribution >= 4 is 23.2 Å². The summed E-state index contributed by atoms with van der Waals surface area (Å²) in [5.41, 5.74) is 7.68. The van der Waals surface area contributed by atoms with Crippen molar-refractivity contribution in [2.45, 2.75) is 37.8 Å². The number of unbranched alkanes of at least 4 members (excludes halogenated alkanes) is 1. The first-order valence-electron chi connectivity index (χ1n) is 10.8. The SMILES string of the molecule is COc1cc(N)c(Cl)cc1C(=O)NC1CCN(CCCCc2ccc(F)cc2)CC1OC. The van der Waals surface area contributed by atoms with E-state index in [0.717, 1.165) is 50.9 Å². The van der Waals surface area contributed by atoms with Crippen LogP contribution in [0.15, 0.2) is 36.4 Å². The number of aryl methyl sites for hydroxylation is 1. The number of carbonyl (C=O) groups is 1. The van der Waals surface area contributed by atoms with E-state index in [4.69, 9.17) is 26.8 Å². The molecule has 3 N–H and O–H groups in total. The largest absolute Gasteiger partial charge is 0.496 e. The summed E-state index contributed by atoms with van der Waals surface area (Å²) >= 11 is 6.10. The van der Waals surface area contributed by atoms with Crippen LogP contribution in [-0.4, -0.2) is 56.8 Å². The average molecular weight is 464 g/mol. The number of nitrogens with zero attached hydrogens (tertiary/aromatic N) is 1. The van der Waals surface area contributed by atoms with Crippen LogP contribution in [0.1, 0.15) is 35.2 Å². The third-order valence-electron chi connectivity index (χ3n) is 5.93. The first kappa shape index (κ1) is 24.3. The summed E-state index contributed by atoms with van der Waals surface area (Å²) in [6, 6.07) is 9.67. The molecule has 0 radical (unpaired) electrons. The second-order valence-electron chi connectivity index (χ2n) is 8.10. The van der Waals surface area contributed by atoms with E-state index in [1.165, 1.54) is 25.3 Å². The molecule has 6 nitrogen and oxygen atoms in total. The lowest BCUT2D eigenvalue weighted by Gasteiger charge is -2.38. The lowest BCUT2D eigenvalue weighted by molar-refractivity contribution is 0.00601. The number of methoxy groups -OCH3 is 2. The van der Waals surface area contributed by atoms with Crippen molar-refractivity contribution in [3.05, 3.63) is 58.4 Å². The van der Waals surface area contributed by atoms with Gasteiger partial charge in [0.15, 0.2) is 0 Å². The van der Waals surface area contributed by atoms with Gasteiger partial charge in [0.1, 0.15) is 11.6 Å². The van der Waals surface area contributed by atoms with Crippen LogP contribution < -0.4 is 15.8 Å². The number of anilines is 1. The predicted octanol–water partition coefficient (Wildman–Crippen LogP) is 3.91. The predicted molar refractivity (Wildman–Crippen MR) is 125 cm³/mol. The minimum atomic E-state index is -0.261. The van der Waals surface area contributed by atoms with Crippen LogP contribution >= 0.6 is 11.6 Å². The van der Waals surface area contributed by atoms with Gasteiger partial charge >= 0.3 is 0 Å². The molecule has 2 atom stereocenters. The molecule has 2 aromatic rings. The third kappa shape index (κ3) is 6.34. The normalized spacial score (nSPS) is 19.0. The Hall–Kier alpha value is -2.35. The molecule has 0 bridgehead atoms. The quantitative estimate of drug-likeness (QED) is 0.435. The van der Waals surface area contributed by atoms with Crippen molar-refractivity contribution in [1.29, 1.82) is 0 Å². The van der Waals surface area contributed by atoms with Crippen molar-refractivity contribution in [2.75, 3.05) is 39.6 Å². The van der Waals surface area contributed by atoms with E-state index in [9.17, 15) is 9.18 Å². The highest BCUT2D eigenvalue weighted by molar-refractivity contribution is 6.33. The highest BCUT2D eigenvalue weighted by Gasteiger charge is 2.31. The highest BCUT2D eigenvalue weighted by Crippen LogP contribution is 2.29. The van der Waals surface area contributed by atoms with Crippen LogP contribution in [0, 0.1) is 5.82 Å². The van der Waals surface area contributed by atoms with E-state index < -0.39 is 0 Å². The molecule has 8 heteroatoms. The fourth-order valence-electron chi connectivity index (χ4n) is 4.06. The molecule has 2 aromatic carbocycles. The van der Waals surface area contributed by atoms with E-state index in [1.807, 2.05) is 12.1 Å². The molecule has 0 aromatic heterocycles. The zero-order valence-electron chi connectivity index (χ0n) is 18.6. The van der Waals surface area contributed by atoms with Gasteiger partial charge in [-0.05, 0) is 56.0 Å². The third-order valence-corrected chi connectivity index (χ3v) is 6.26. The Labute approximate surface area is 193 Å². The number of piperidine rings is 1. The molecule has 1 aliphatic heterocycles. The summed E-state index contributed by atoms with van der Waals surface area (Å²) in [6.45, 7) is 2.59. The molecule has 1 aliphatic rings. The van der Waals surface area contributed by atoms with Gasteiger partial charge in [-0.2, -0.15) is 0 Å². The topological polar surface area (TPSA) is 76.8 Å². The molecule has 32 heavy (non-hydrogen) atoms. The maximum Gasteiger partial charge on any atom is 0.255 e. The van der Waals surface area contributed by atoms with Gasteiger partial charge < -0.3 is 25.4 Å². The molecule has 3 rings (SSSR count). The molecule has 1 amide bonds. The molecule has 0 saturated carbocycles. The highest BCUT2D eigenvalue weighted by atomic mass is 35.5. The number of nitrogens with two attached hydrogens (primary N) is 1. The number of hydrogen-bond donors (Lipinski definition) is 2. The Balaban J connectivity index is 1.49. The number of hydrogen-bond acceptors (Lipinski definition) is 5. The first-order chi connectivity index (χ1) is 15.4. The number of carbonyl (C=O) groups excluding carboxylic acids is 1. The Bertz CT molecular complexity index is 910. The molecular formula is C24H31ClFN3O3. The van der Waals surface area contributed by atoms with Crippen LogP contribution in [0.3, 0.4) is 0 Å². The Morgan fingerprint density at radius 1 is 1.25 bits per heavy atom. The monoisotopic (exact) mass is 463 g/mol. The lowest BCUT2D eigenvalue weighted by Crippen LogP contribution is -2.54. The van der Waals surface area contributed by atoms with Crippen LogP contribution in [0.4, 0.5) is 10.1 Å².